The average Bonchev–Trinajstić information content (AvgIpc) is 3.47. The van der Waals surface area contributed by atoms with Crippen LogP contribution in [-0.2, 0) is 4.74 Å². The maximum Gasteiger partial charge on any atom is 0.125 e. The molecule has 0 saturated carbocycles. The SMILES string of the molecule is CCOCC1CCCN1.c1cc(Nc2ccc3scnc3c2)c2ccsc2n1. The molecule has 5 nitrogen and oxygen atoms in total. The zero-order valence-corrected chi connectivity index (χ0v) is 17.5. The van der Waals surface area contributed by atoms with Gasteiger partial charge >= 0.3 is 0 Å². The number of hydrogen-bond acceptors (Lipinski definition) is 7. The lowest BCUT2D eigenvalue weighted by Crippen LogP contribution is -2.26. The molecular formula is C21H24N4OS2. The standard InChI is InChI=1S/C14H9N3S2.C7H15NO/c1-2-13-12(16-8-19-13)7-9(1)17-11-3-5-15-14-10(11)4-6-18-14;1-2-9-6-7-4-3-5-8-7/h1-8H,(H,15,17);7-8H,2-6H2,1H3. The fraction of sp³-hybridized carbons (Fsp3) is 0.333. The molecule has 28 heavy (non-hydrogen) atoms. The molecule has 1 aromatic carbocycles. The summed E-state index contributed by atoms with van der Waals surface area (Å²) in [6, 6.07) is 11.0. The van der Waals surface area contributed by atoms with Crippen LogP contribution in [0.2, 0.25) is 0 Å². The van der Waals surface area contributed by atoms with Crippen molar-refractivity contribution in [2.45, 2.75) is 25.8 Å². The first kappa shape index (κ1) is 19.3. The Morgan fingerprint density at radius 1 is 1.21 bits per heavy atom. The molecule has 1 saturated heterocycles. The summed E-state index contributed by atoms with van der Waals surface area (Å²) in [6.07, 6.45) is 4.44. The Bertz CT molecular complexity index is 1020. The molecule has 5 rings (SSSR count). The number of benzene rings is 1. The van der Waals surface area contributed by atoms with E-state index in [2.05, 4.69) is 50.2 Å². The van der Waals surface area contributed by atoms with Crippen LogP contribution >= 0.6 is 22.7 Å². The lowest BCUT2D eigenvalue weighted by atomic mass is 10.2. The van der Waals surface area contributed by atoms with Gasteiger partial charge in [-0.05, 0) is 62.0 Å². The lowest BCUT2D eigenvalue weighted by molar-refractivity contribution is 0.128. The second-order valence-electron chi connectivity index (χ2n) is 6.61. The van der Waals surface area contributed by atoms with Crippen molar-refractivity contribution in [3.05, 3.63) is 47.4 Å². The Labute approximate surface area is 172 Å². The molecule has 3 aromatic heterocycles. The molecule has 1 aliphatic heterocycles. The Balaban J connectivity index is 0.000000181. The Hall–Kier alpha value is -2.06. The van der Waals surface area contributed by atoms with Crippen LogP contribution in [0.4, 0.5) is 11.4 Å². The van der Waals surface area contributed by atoms with Gasteiger partial charge in [0.15, 0.2) is 0 Å². The van der Waals surface area contributed by atoms with Crippen LogP contribution in [0.5, 0.6) is 0 Å². The summed E-state index contributed by atoms with van der Waals surface area (Å²) < 4.78 is 6.46. The smallest absolute Gasteiger partial charge is 0.125 e. The number of thiazole rings is 1. The van der Waals surface area contributed by atoms with Crippen LogP contribution in [-0.4, -0.2) is 35.8 Å². The van der Waals surface area contributed by atoms with Gasteiger partial charge in [0, 0.05) is 29.9 Å². The van der Waals surface area contributed by atoms with Crippen LogP contribution in [0.15, 0.2) is 47.4 Å². The number of anilines is 2. The number of thiophene rings is 1. The van der Waals surface area contributed by atoms with Gasteiger partial charge in [0.05, 0.1) is 28.0 Å². The van der Waals surface area contributed by atoms with E-state index < -0.39 is 0 Å². The Kier molecular flexibility index (Phi) is 6.49. The molecule has 0 aliphatic carbocycles. The summed E-state index contributed by atoms with van der Waals surface area (Å²) in [7, 11) is 0. The molecule has 4 aromatic rings. The Morgan fingerprint density at radius 3 is 3.04 bits per heavy atom. The third-order valence-electron chi connectivity index (χ3n) is 4.66. The molecule has 1 aliphatic rings. The summed E-state index contributed by atoms with van der Waals surface area (Å²) in [5.74, 6) is 0. The summed E-state index contributed by atoms with van der Waals surface area (Å²) >= 11 is 3.31. The van der Waals surface area contributed by atoms with Gasteiger partial charge in [0.1, 0.15) is 4.83 Å². The van der Waals surface area contributed by atoms with Crippen LogP contribution in [0, 0.1) is 0 Å². The largest absolute Gasteiger partial charge is 0.380 e. The minimum atomic E-state index is 0.643. The zero-order valence-electron chi connectivity index (χ0n) is 15.9. The quantitative estimate of drug-likeness (QED) is 0.458. The molecule has 1 atom stereocenters. The summed E-state index contributed by atoms with van der Waals surface area (Å²) in [5.41, 5.74) is 5.04. The van der Waals surface area contributed by atoms with Crippen molar-refractivity contribution in [3.8, 4) is 0 Å². The fourth-order valence-corrected chi connectivity index (χ4v) is 4.65. The van der Waals surface area contributed by atoms with Crippen molar-refractivity contribution in [1.29, 1.82) is 0 Å². The van der Waals surface area contributed by atoms with E-state index in [1.54, 1.807) is 22.7 Å². The highest BCUT2D eigenvalue weighted by Crippen LogP contribution is 2.29. The molecule has 0 bridgehead atoms. The van der Waals surface area contributed by atoms with Gasteiger partial charge in [0.25, 0.3) is 0 Å². The summed E-state index contributed by atoms with van der Waals surface area (Å²) in [6.45, 7) is 4.96. The maximum absolute atomic E-state index is 5.25. The normalized spacial score (nSPS) is 16.2. The van der Waals surface area contributed by atoms with E-state index >= 15 is 0 Å². The van der Waals surface area contributed by atoms with Gasteiger partial charge in [-0.25, -0.2) is 9.97 Å². The van der Waals surface area contributed by atoms with E-state index in [1.807, 2.05) is 24.7 Å². The number of rotatable bonds is 5. The molecule has 0 radical (unpaired) electrons. The predicted molar refractivity (Wildman–Crippen MR) is 120 cm³/mol. The van der Waals surface area contributed by atoms with Crippen molar-refractivity contribution < 1.29 is 4.74 Å². The molecule has 1 unspecified atom stereocenters. The van der Waals surface area contributed by atoms with Gasteiger partial charge in [-0.15, -0.1) is 22.7 Å². The highest BCUT2D eigenvalue weighted by molar-refractivity contribution is 7.17. The molecule has 0 amide bonds. The third-order valence-corrected chi connectivity index (χ3v) is 6.29. The van der Waals surface area contributed by atoms with Crippen molar-refractivity contribution >= 4 is 54.5 Å². The van der Waals surface area contributed by atoms with Crippen LogP contribution in [0.25, 0.3) is 20.4 Å². The van der Waals surface area contributed by atoms with E-state index in [0.29, 0.717) is 6.04 Å². The van der Waals surface area contributed by atoms with Crippen LogP contribution in [0.1, 0.15) is 19.8 Å². The van der Waals surface area contributed by atoms with Crippen molar-refractivity contribution in [2.75, 3.05) is 25.1 Å². The van der Waals surface area contributed by atoms with Gasteiger partial charge in [-0.2, -0.15) is 0 Å². The van der Waals surface area contributed by atoms with Gasteiger partial charge in [-0.1, -0.05) is 0 Å². The molecule has 4 heterocycles. The van der Waals surface area contributed by atoms with Crippen LogP contribution < -0.4 is 10.6 Å². The molecule has 1 fully saturated rings. The second-order valence-corrected chi connectivity index (χ2v) is 8.39. The Morgan fingerprint density at radius 2 is 2.18 bits per heavy atom. The van der Waals surface area contributed by atoms with Gasteiger partial charge in [-0.3, -0.25) is 0 Å². The first-order valence-corrected chi connectivity index (χ1v) is 11.3. The van der Waals surface area contributed by atoms with Crippen molar-refractivity contribution in [1.82, 2.24) is 15.3 Å². The zero-order chi connectivity index (χ0) is 19.2. The first-order valence-electron chi connectivity index (χ1n) is 9.57. The van der Waals surface area contributed by atoms with Crippen LogP contribution in [0.3, 0.4) is 0 Å². The summed E-state index contributed by atoms with van der Waals surface area (Å²) in [5, 5.41) is 10.0. The first-order chi connectivity index (χ1) is 13.8. The van der Waals surface area contributed by atoms with Gasteiger partial charge in [0.2, 0.25) is 0 Å². The van der Waals surface area contributed by atoms with E-state index in [1.165, 1.54) is 24.1 Å². The molecule has 7 heteroatoms. The van der Waals surface area contributed by atoms with Crippen molar-refractivity contribution in [2.24, 2.45) is 0 Å². The highest BCUT2D eigenvalue weighted by Gasteiger charge is 2.12. The van der Waals surface area contributed by atoms with E-state index in [0.717, 1.165) is 40.3 Å². The average molecular weight is 413 g/mol. The van der Waals surface area contributed by atoms with Crippen molar-refractivity contribution in [3.63, 3.8) is 0 Å². The molecule has 146 valence electrons. The van der Waals surface area contributed by atoms with Gasteiger partial charge < -0.3 is 15.4 Å². The maximum atomic E-state index is 5.25. The fourth-order valence-electron chi connectivity index (χ4n) is 3.23. The number of ether oxygens (including phenoxy) is 1. The molecule has 2 N–H and O–H groups in total. The van der Waals surface area contributed by atoms with E-state index in [-0.39, 0.29) is 0 Å². The minimum Gasteiger partial charge on any atom is -0.380 e. The third kappa shape index (κ3) is 4.67. The number of hydrogen-bond donors (Lipinski definition) is 2. The topological polar surface area (TPSA) is 59.1 Å². The highest BCUT2D eigenvalue weighted by atomic mass is 32.1. The molecule has 0 spiro atoms. The predicted octanol–water partition coefficient (Wildman–Crippen LogP) is 5.42. The van der Waals surface area contributed by atoms with E-state index in [4.69, 9.17) is 4.74 Å². The number of nitrogens with zero attached hydrogens (tertiary/aromatic N) is 2. The van der Waals surface area contributed by atoms with E-state index in [9.17, 15) is 0 Å². The second kappa shape index (κ2) is 9.43. The minimum absolute atomic E-state index is 0.643. The number of aromatic nitrogens is 2. The number of pyridine rings is 1. The lowest BCUT2D eigenvalue weighted by Gasteiger charge is -2.08. The number of nitrogens with one attached hydrogen (secondary N) is 2. The monoisotopic (exact) mass is 412 g/mol. The number of fused-ring (bicyclic) bond motifs is 2. The molecular weight excluding hydrogens is 388 g/mol. The summed E-state index contributed by atoms with van der Waals surface area (Å²) in [4.78, 5) is 9.75.